The molecule has 6 heteroatoms. The number of fused-ring (bicyclic) bond motifs is 1. The molecule has 0 saturated heterocycles. The summed E-state index contributed by atoms with van der Waals surface area (Å²) in [5.74, 6) is 0.608. The van der Waals surface area contributed by atoms with E-state index in [0.717, 1.165) is 24.8 Å². The number of nitrogens with zero attached hydrogens (tertiary/aromatic N) is 1. The molecule has 1 unspecified atom stereocenters. The van der Waals surface area contributed by atoms with Crippen molar-refractivity contribution in [2.75, 3.05) is 0 Å². The van der Waals surface area contributed by atoms with Gasteiger partial charge in [-0.15, -0.1) is 0 Å². The van der Waals surface area contributed by atoms with Crippen LogP contribution in [0.15, 0.2) is 35.5 Å². The average molecular weight is 305 g/mol. The molecule has 0 aliphatic heterocycles. The summed E-state index contributed by atoms with van der Waals surface area (Å²) in [5.41, 5.74) is 2.44. The monoisotopic (exact) mass is 305 g/mol. The second-order valence-corrected chi connectivity index (χ2v) is 7.17. The van der Waals surface area contributed by atoms with Crippen molar-refractivity contribution >= 4 is 10.0 Å². The van der Waals surface area contributed by atoms with Crippen LogP contribution in [0.5, 0.6) is 0 Å². The van der Waals surface area contributed by atoms with Gasteiger partial charge in [0, 0.05) is 12.4 Å². The minimum absolute atomic E-state index is 0.335. The first-order valence-electron chi connectivity index (χ1n) is 7.20. The molecule has 2 N–H and O–H groups in total. The van der Waals surface area contributed by atoms with Gasteiger partial charge < -0.3 is 4.98 Å². The fourth-order valence-electron chi connectivity index (χ4n) is 2.75. The molecule has 0 amide bonds. The summed E-state index contributed by atoms with van der Waals surface area (Å²) in [4.78, 5) is 7.34. The van der Waals surface area contributed by atoms with E-state index in [2.05, 4.69) is 14.7 Å². The van der Waals surface area contributed by atoms with Crippen molar-refractivity contribution in [2.45, 2.75) is 43.5 Å². The maximum atomic E-state index is 12.5. The molecule has 112 valence electrons. The highest BCUT2D eigenvalue weighted by molar-refractivity contribution is 7.89. The smallest absolute Gasteiger partial charge is 0.241 e. The Bertz CT molecular complexity index is 723. The van der Waals surface area contributed by atoms with E-state index in [9.17, 15) is 8.42 Å². The lowest BCUT2D eigenvalue weighted by Gasteiger charge is -2.17. The largest absolute Gasteiger partial charge is 0.347 e. The van der Waals surface area contributed by atoms with Gasteiger partial charge in [0.25, 0.3) is 0 Å². The summed E-state index contributed by atoms with van der Waals surface area (Å²) in [7, 11) is -3.53. The van der Waals surface area contributed by atoms with Gasteiger partial charge in [-0.05, 0) is 55.9 Å². The predicted octanol–water partition coefficient (Wildman–Crippen LogP) is 2.33. The quantitative estimate of drug-likeness (QED) is 0.910. The van der Waals surface area contributed by atoms with Gasteiger partial charge >= 0.3 is 0 Å². The third kappa shape index (κ3) is 3.01. The molecule has 5 nitrogen and oxygen atoms in total. The molecule has 0 saturated carbocycles. The first-order chi connectivity index (χ1) is 10.1. The number of aryl methyl sites for hydroxylation is 2. The molecule has 2 aromatic rings. The predicted molar refractivity (Wildman–Crippen MR) is 80.4 cm³/mol. The minimum Gasteiger partial charge on any atom is -0.347 e. The van der Waals surface area contributed by atoms with Gasteiger partial charge in [0.1, 0.15) is 5.82 Å². The van der Waals surface area contributed by atoms with Gasteiger partial charge in [-0.2, -0.15) is 0 Å². The number of sulfonamides is 1. The Morgan fingerprint density at radius 2 is 2.00 bits per heavy atom. The zero-order valence-corrected chi connectivity index (χ0v) is 12.8. The minimum atomic E-state index is -3.53. The van der Waals surface area contributed by atoms with Crippen LogP contribution in [0.1, 0.15) is 42.8 Å². The number of imidazole rings is 1. The Balaban J connectivity index is 1.84. The first-order valence-corrected chi connectivity index (χ1v) is 8.68. The fourth-order valence-corrected chi connectivity index (χ4v) is 4.01. The molecule has 1 aromatic heterocycles. The van der Waals surface area contributed by atoms with Crippen LogP contribution in [0.3, 0.4) is 0 Å². The number of hydrogen-bond donors (Lipinski definition) is 2. The number of hydrogen-bond acceptors (Lipinski definition) is 3. The molecule has 1 aromatic carbocycles. The lowest BCUT2D eigenvalue weighted by atomic mass is 9.92. The molecular weight excluding hydrogens is 286 g/mol. The summed E-state index contributed by atoms with van der Waals surface area (Å²) in [6.07, 6.45) is 7.62. The van der Waals surface area contributed by atoms with Gasteiger partial charge in [0.15, 0.2) is 0 Å². The molecule has 21 heavy (non-hydrogen) atoms. The molecule has 3 rings (SSSR count). The maximum absolute atomic E-state index is 12.5. The fraction of sp³-hybridized carbons (Fsp3) is 0.400. The Labute approximate surface area is 124 Å². The average Bonchev–Trinajstić information content (AvgIpc) is 3.00. The highest BCUT2D eigenvalue weighted by Gasteiger charge is 2.21. The first kappa shape index (κ1) is 14.3. The van der Waals surface area contributed by atoms with Crippen LogP contribution >= 0.6 is 0 Å². The van der Waals surface area contributed by atoms with E-state index in [1.54, 1.807) is 25.4 Å². The normalized spacial score (nSPS) is 16.4. The van der Waals surface area contributed by atoms with E-state index in [4.69, 9.17) is 0 Å². The SMILES string of the molecule is CC(NS(=O)(=O)c1ccc2c(c1)CCCC2)c1ncc[nH]1. The molecule has 0 spiro atoms. The summed E-state index contributed by atoms with van der Waals surface area (Å²) in [5, 5.41) is 0. The van der Waals surface area contributed by atoms with Gasteiger partial charge in [0.05, 0.1) is 10.9 Å². The van der Waals surface area contributed by atoms with Crippen molar-refractivity contribution in [2.24, 2.45) is 0 Å². The van der Waals surface area contributed by atoms with Crippen LogP contribution in [-0.2, 0) is 22.9 Å². The molecule has 0 bridgehead atoms. The van der Waals surface area contributed by atoms with Gasteiger partial charge in [-0.3, -0.25) is 0 Å². The van der Waals surface area contributed by atoms with Crippen molar-refractivity contribution in [1.29, 1.82) is 0 Å². The summed E-state index contributed by atoms with van der Waals surface area (Å²) < 4.78 is 27.6. The standard InChI is InChI=1S/C15H19N3O2S/c1-11(15-16-8-9-17-15)18-21(19,20)14-7-6-12-4-2-3-5-13(12)10-14/h6-11,18H,2-5H2,1H3,(H,16,17). The second-order valence-electron chi connectivity index (χ2n) is 5.46. The molecular formula is C15H19N3O2S. The highest BCUT2D eigenvalue weighted by Crippen LogP contribution is 2.24. The van der Waals surface area contributed by atoms with Gasteiger partial charge in [-0.25, -0.2) is 18.1 Å². The highest BCUT2D eigenvalue weighted by atomic mass is 32.2. The van der Waals surface area contributed by atoms with E-state index in [1.165, 1.54) is 12.0 Å². The van der Waals surface area contributed by atoms with Crippen molar-refractivity contribution in [3.05, 3.63) is 47.5 Å². The van der Waals surface area contributed by atoms with Crippen LogP contribution in [0, 0.1) is 0 Å². The molecule has 0 fully saturated rings. The van der Waals surface area contributed by atoms with Crippen LogP contribution in [-0.4, -0.2) is 18.4 Å². The van der Waals surface area contributed by atoms with Crippen LogP contribution < -0.4 is 4.72 Å². The zero-order chi connectivity index (χ0) is 14.9. The van der Waals surface area contributed by atoms with E-state index in [-0.39, 0.29) is 6.04 Å². The third-order valence-electron chi connectivity index (χ3n) is 3.89. The molecule has 1 aliphatic carbocycles. The number of rotatable bonds is 4. The van der Waals surface area contributed by atoms with Gasteiger partial charge in [-0.1, -0.05) is 6.07 Å². The Morgan fingerprint density at radius 1 is 1.24 bits per heavy atom. The summed E-state index contributed by atoms with van der Waals surface area (Å²) in [6.45, 7) is 1.77. The number of H-pyrrole nitrogens is 1. The lowest BCUT2D eigenvalue weighted by molar-refractivity contribution is 0.560. The molecule has 1 aliphatic rings. The number of aromatic amines is 1. The number of nitrogens with one attached hydrogen (secondary N) is 2. The lowest BCUT2D eigenvalue weighted by Crippen LogP contribution is -2.27. The summed E-state index contributed by atoms with van der Waals surface area (Å²) in [6, 6.07) is 5.06. The van der Waals surface area contributed by atoms with Crippen LogP contribution in [0.4, 0.5) is 0 Å². The molecule has 1 atom stereocenters. The van der Waals surface area contributed by atoms with Crippen molar-refractivity contribution in [3.8, 4) is 0 Å². The van der Waals surface area contributed by atoms with Crippen molar-refractivity contribution in [1.82, 2.24) is 14.7 Å². The van der Waals surface area contributed by atoms with E-state index < -0.39 is 10.0 Å². The molecule has 1 heterocycles. The third-order valence-corrected chi connectivity index (χ3v) is 5.43. The van der Waals surface area contributed by atoms with Crippen molar-refractivity contribution < 1.29 is 8.42 Å². The zero-order valence-electron chi connectivity index (χ0n) is 12.0. The Morgan fingerprint density at radius 3 is 2.71 bits per heavy atom. The summed E-state index contributed by atoms with van der Waals surface area (Å²) >= 11 is 0. The van der Waals surface area contributed by atoms with E-state index in [1.807, 2.05) is 12.1 Å². The number of benzene rings is 1. The van der Waals surface area contributed by atoms with E-state index >= 15 is 0 Å². The van der Waals surface area contributed by atoms with Gasteiger partial charge in [0.2, 0.25) is 10.0 Å². The topological polar surface area (TPSA) is 74.8 Å². The Kier molecular flexibility index (Phi) is 3.82. The van der Waals surface area contributed by atoms with Crippen LogP contribution in [0.2, 0.25) is 0 Å². The van der Waals surface area contributed by atoms with E-state index in [0.29, 0.717) is 10.7 Å². The second kappa shape index (κ2) is 5.61. The van der Waals surface area contributed by atoms with Crippen molar-refractivity contribution in [3.63, 3.8) is 0 Å². The Hall–Kier alpha value is -1.66. The maximum Gasteiger partial charge on any atom is 0.241 e. The number of aromatic nitrogens is 2. The van der Waals surface area contributed by atoms with Crippen LogP contribution in [0.25, 0.3) is 0 Å². The molecule has 0 radical (unpaired) electrons.